The molecule has 100 valence electrons. The monoisotopic (exact) mass is 260 g/mol. The van der Waals surface area contributed by atoms with Gasteiger partial charge < -0.3 is 20.1 Å². The van der Waals surface area contributed by atoms with E-state index in [0.717, 1.165) is 5.56 Å². The third kappa shape index (κ3) is 3.35. The van der Waals surface area contributed by atoms with Crippen molar-refractivity contribution in [2.75, 3.05) is 12.3 Å². The summed E-state index contributed by atoms with van der Waals surface area (Å²) in [7, 11) is 0. The molecule has 0 spiro atoms. The van der Waals surface area contributed by atoms with Crippen molar-refractivity contribution >= 4 is 5.69 Å². The maximum absolute atomic E-state index is 11.5. The van der Waals surface area contributed by atoms with E-state index in [9.17, 15) is 4.79 Å². The summed E-state index contributed by atoms with van der Waals surface area (Å²) >= 11 is 0. The molecule has 1 aromatic heterocycles. The van der Waals surface area contributed by atoms with Crippen LogP contribution in [0.2, 0.25) is 0 Å². The first-order chi connectivity index (χ1) is 9.20. The molecule has 0 bridgehead atoms. The SMILES string of the molecule is Nc1ccc(=O)n(CCOc2ccccc2CO)c1. The maximum atomic E-state index is 11.5. The molecule has 0 saturated carbocycles. The van der Waals surface area contributed by atoms with Crippen LogP contribution in [-0.4, -0.2) is 16.3 Å². The summed E-state index contributed by atoms with van der Waals surface area (Å²) < 4.78 is 7.06. The van der Waals surface area contributed by atoms with Crippen molar-refractivity contribution < 1.29 is 9.84 Å². The van der Waals surface area contributed by atoms with E-state index >= 15 is 0 Å². The Morgan fingerprint density at radius 1 is 1.21 bits per heavy atom. The van der Waals surface area contributed by atoms with E-state index in [1.54, 1.807) is 24.4 Å². The molecule has 0 radical (unpaired) electrons. The highest BCUT2D eigenvalue weighted by Gasteiger charge is 2.02. The first-order valence-electron chi connectivity index (χ1n) is 5.98. The van der Waals surface area contributed by atoms with Crippen molar-refractivity contribution in [1.29, 1.82) is 0 Å². The fourth-order valence-corrected chi connectivity index (χ4v) is 1.75. The second kappa shape index (κ2) is 6.06. The third-order valence-electron chi connectivity index (χ3n) is 2.74. The first kappa shape index (κ1) is 13.2. The maximum Gasteiger partial charge on any atom is 0.250 e. The number of nitrogens with two attached hydrogens (primary N) is 1. The molecule has 0 saturated heterocycles. The lowest BCUT2D eigenvalue weighted by atomic mass is 10.2. The van der Waals surface area contributed by atoms with Gasteiger partial charge in [-0.25, -0.2) is 0 Å². The molecular weight excluding hydrogens is 244 g/mol. The van der Waals surface area contributed by atoms with Crippen LogP contribution in [-0.2, 0) is 13.2 Å². The zero-order valence-electron chi connectivity index (χ0n) is 10.5. The summed E-state index contributed by atoms with van der Waals surface area (Å²) in [4.78, 5) is 11.5. The Labute approximate surface area is 110 Å². The van der Waals surface area contributed by atoms with Crippen LogP contribution < -0.4 is 16.0 Å². The van der Waals surface area contributed by atoms with E-state index in [4.69, 9.17) is 15.6 Å². The predicted molar refractivity (Wildman–Crippen MR) is 73.0 cm³/mol. The molecule has 0 aliphatic rings. The van der Waals surface area contributed by atoms with Crippen LogP contribution in [0.3, 0.4) is 0 Å². The molecule has 0 aliphatic carbocycles. The van der Waals surface area contributed by atoms with Gasteiger partial charge in [-0.1, -0.05) is 18.2 Å². The number of aliphatic hydroxyl groups is 1. The Morgan fingerprint density at radius 2 is 2.00 bits per heavy atom. The molecule has 1 heterocycles. The minimum Gasteiger partial charge on any atom is -0.491 e. The molecule has 0 aliphatic heterocycles. The lowest BCUT2D eigenvalue weighted by molar-refractivity contribution is 0.257. The quantitative estimate of drug-likeness (QED) is 0.840. The van der Waals surface area contributed by atoms with Gasteiger partial charge in [0.1, 0.15) is 12.4 Å². The molecule has 19 heavy (non-hydrogen) atoms. The van der Waals surface area contributed by atoms with Gasteiger partial charge in [0.15, 0.2) is 0 Å². The Balaban J connectivity index is 2.00. The lowest BCUT2D eigenvalue weighted by Crippen LogP contribution is -2.22. The fraction of sp³-hybridized carbons (Fsp3) is 0.214. The summed E-state index contributed by atoms with van der Waals surface area (Å²) in [5, 5.41) is 9.16. The number of rotatable bonds is 5. The van der Waals surface area contributed by atoms with Gasteiger partial charge in [-0.05, 0) is 12.1 Å². The molecule has 2 rings (SSSR count). The average Bonchev–Trinajstić information content (AvgIpc) is 2.43. The summed E-state index contributed by atoms with van der Waals surface area (Å²) in [6, 6.07) is 10.2. The Bertz CT molecular complexity index is 608. The molecule has 3 N–H and O–H groups in total. The predicted octanol–water partition coefficient (Wildman–Crippen LogP) is 1.00. The highest BCUT2D eigenvalue weighted by atomic mass is 16.5. The van der Waals surface area contributed by atoms with Gasteiger partial charge in [-0.3, -0.25) is 4.79 Å². The largest absolute Gasteiger partial charge is 0.491 e. The van der Waals surface area contributed by atoms with Crippen molar-refractivity contribution in [3.8, 4) is 5.75 Å². The number of hydrogen-bond acceptors (Lipinski definition) is 4. The van der Waals surface area contributed by atoms with Crippen molar-refractivity contribution in [1.82, 2.24) is 4.57 Å². The second-order valence-corrected chi connectivity index (χ2v) is 4.11. The minimum atomic E-state index is -0.117. The highest BCUT2D eigenvalue weighted by molar-refractivity contribution is 5.33. The molecular formula is C14H16N2O3. The number of hydrogen-bond donors (Lipinski definition) is 2. The molecule has 1 aromatic carbocycles. The van der Waals surface area contributed by atoms with E-state index in [0.29, 0.717) is 24.6 Å². The van der Waals surface area contributed by atoms with Crippen LogP contribution in [0.5, 0.6) is 5.75 Å². The zero-order valence-corrected chi connectivity index (χ0v) is 10.5. The fourth-order valence-electron chi connectivity index (χ4n) is 1.75. The van der Waals surface area contributed by atoms with Gasteiger partial charge in [-0.15, -0.1) is 0 Å². The molecule has 0 amide bonds. The van der Waals surface area contributed by atoms with Crippen molar-refractivity contribution in [3.05, 3.63) is 58.5 Å². The van der Waals surface area contributed by atoms with Gasteiger partial charge in [0.05, 0.1) is 13.2 Å². The summed E-state index contributed by atoms with van der Waals surface area (Å²) in [6.45, 7) is 0.665. The smallest absolute Gasteiger partial charge is 0.250 e. The van der Waals surface area contributed by atoms with Crippen LogP contribution in [0.25, 0.3) is 0 Å². The highest BCUT2D eigenvalue weighted by Crippen LogP contribution is 2.17. The topological polar surface area (TPSA) is 77.5 Å². The molecule has 5 heteroatoms. The number of aromatic nitrogens is 1. The van der Waals surface area contributed by atoms with E-state index in [2.05, 4.69) is 0 Å². The van der Waals surface area contributed by atoms with Gasteiger partial charge >= 0.3 is 0 Å². The number of nitrogen functional groups attached to an aromatic ring is 1. The Morgan fingerprint density at radius 3 is 2.79 bits per heavy atom. The second-order valence-electron chi connectivity index (χ2n) is 4.11. The van der Waals surface area contributed by atoms with E-state index in [-0.39, 0.29) is 12.2 Å². The van der Waals surface area contributed by atoms with Crippen LogP contribution in [0.15, 0.2) is 47.4 Å². The molecule has 0 atom stereocenters. The van der Waals surface area contributed by atoms with Crippen LogP contribution in [0.4, 0.5) is 5.69 Å². The number of pyridine rings is 1. The average molecular weight is 260 g/mol. The Hall–Kier alpha value is -2.27. The normalized spacial score (nSPS) is 10.4. The van der Waals surface area contributed by atoms with E-state index < -0.39 is 0 Å². The molecule has 0 unspecified atom stereocenters. The van der Waals surface area contributed by atoms with Crippen molar-refractivity contribution in [2.45, 2.75) is 13.2 Å². The van der Waals surface area contributed by atoms with E-state index in [1.807, 2.05) is 12.1 Å². The van der Waals surface area contributed by atoms with Gasteiger partial charge in [0, 0.05) is 23.5 Å². The summed E-state index contributed by atoms with van der Waals surface area (Å²) in [5.74, 6) is 0.627. The third-order valence-corrected chi connectivity index (χ3v) is 2.74. The Kier molecular flexibility index (Phi) is 4.20. The van der Waals surface area contributed by atoms with Crippen LogP contribution in [0.1, 0.15) is 5.56 Å². The number of para-hydroxylation sites is 1. The van der Waals surface area contributed by atoms with Crippen molar-refractivity contribution in [3.63, 3.8) is 0 Å². The number of nitrogens with zero attached hydrogens (tertiary/aromatic N) is 1. The van der Waals surface area contributed by atoms with Crippen LogP contribution in [0, 0.1) is 0 Å². The van der Waals surface area contributed by atoms with E-state index in [1.165, 1.54) is 10.6 Å². The summed E-state index contributed by atoms with van der Waals surface area (Å²) in [5.41, 5.74) is 6.77. The van der Waals surface area contributed by atoms with Crippen LogP contribution >= 0.6 is 0 Å². The number of aliphatic hydroxyl groups excluding tert-OH is 1. The lowest BCUT2D eigenvalue weighted by Gasteiger charge is -2.11. The summed E-state index contributed by atoms with van der Waals surface area (Å²) in [6.07, 6.45) is 1.59. The van der Waals surface area contributed by atoms with Crippen molar-refractivity contribution in [2.24, 2.45) is 0 Å². The van der Waals surface area contributed by atoms with Gasteiger partial charge in [0.2, 0.25) is 0 Å². The minimum absolute atomic E-state index is 0.0750. The number of anilines is 1. The molecule has 0 fully saturated rings. The first-order valence-corrected chi connectivity index (χ1v) is 5.98. The zero-order chi connectivity index (χ0) is 13.7. The number of benzene rings is 1. The number of ether oxygens (including phenoxy) is 1. The molecule has 2 aromatic rings. The van der Waals surface area contributed by atoms with Gasteiger partial charge in [0.25, 0.3) is 5.56 Å². The molecule has 5 nitrogen and oxygen atoms in total. The standard InChI is InChI=1S/C14H16N2O3/c15-12-5-6-14(18)16(9-12)7-8-19-13-4-2-1-3-11(13)10-17/h1-6,9,17H,7-8,10,15H2. The van der Waals surface area contributed by atoms with Gasteiger partial charge in [-0.2, -0.15) is 0 Å².